The topological polar surface area (TPSA) is 54.9 Å². The van der Waals surface area contributed by atoms with Gasteiger partial charge in [0.05, 0.1) is 6.04 Å². The average molecular weight is 362 g/mol. The van der Waals surface area contributed by atoms with Crippen LogP contribution in [0, 0.1) is 0 Å². The molecule has 0 aliphatic carbocycles. The van der Waals surface area contributed by atoms with Gasteiger partial charge in [-0.1, -0.05) is 54.4 Å². The van der Waals surface area contributed by atoms with E-state index in [-0.39, 0.29) is 5.92 Å². The van der Waals surface area contributed by atoms with Gasteiger partial charge in [0.2, 0.25) is 0 Å². The van der Waals surface area contributed by atoms with E-state index in [9.17, 15) is 9.18 Å². The SMILES string of the molecule is C[C@H](c1ccc(-c2ncns2)cc1)[C@@H](CF)NC(=O)C(Cl)Cl. The Labute approximate surface area is 141 Å². The molecule has 1 heterocycles. The van der Waals surface area contributed by atoms with Gasteiger partial charge >= 0.3 is 0 Å². The number of alkyl halides is 3. The first-order valence-electron chi connectivity index (χ1n) is 6.54. The van der Waals surface area contributed by atoms with Crippen LogP contribution in [-0.4, -0.2) is 32.8 Å². The fourth-order valence-electron chi connectivity index (χ4n) is 2.00. The quantitative estimate of drug-likeness (QED) is 0.800. The number of benzene rings is 1. The minimum absolute atomic E-state index is 0.218. The molecule has 1 aromatic carbocycles. The highest BCUT2D eigenvalue weighted by Crippen LogP contribution is 2.25. The van der Waals surface area contributed by atoms with Crippen molar-refractivity contribution in [3.8, 4) is 10.6 Å². The van der Waals surface area contributed by atoms with E-state index in [0.717, 1.165) is 16.1 Å². The molecule has 0 saturated heterocycles. The van der Waals surface area contributed by atoms with Crippen LogP contribution in [0.15, 0.2) is 30.6 Å². The van der Waals surface area contributed by atoms with Crippen molar-refractivity contribution < 1.29 is 9.18 Å². The van der Waals surface area contributed by atoms with Crippen molar-refractivity contribution in [2.24, 2.45) is 0 Å². The molecular formula is C14H14Cl2FN3OS. The number of nitrogens with one attached hydrogen (secondary N) is 1. The number of hydrogen-bond acceptors (Lipinski definition) is 4. The zero-order chi connectivity index (χ0) is 16.1. The van der Waals surface area contributed by atoms with E-state index in [2.05, 4.69) is 14.7 Å². The molecule has 4 nitrogen and oxygen atoms in total. The Kier molecular flexibility index (Phi) is 6.11. The molecule has 1 N–H and O–H groups in total. The largest absolute Gasteiger partial charge is 0.348 e. The number of amides is 1. The van der Waals surface area contributed by atoms with Gasteiger partial charge in [-0.2, -0.15) is 4.37 Å². The fraction of sp³-hybridized carbons (Fsp3) is 0.357. The van der Waals surface area contributed by atoms with Gasteiger partial charge in [0.25, 0.3) is 5.91 Å². The van der Waals surface area contributed by atoms with Crippen molar-refractivity contribution in [2.75, 3.05) is 6.67 Å². The monoisotopic (exact) mass is 361 g/mol. The summed E-state index contributed by atoms with van der Waals surface area (Å²) in [7, 11) is 0. The third-order valence-electron chi connectivity index (χ3n) is 3.34. The van der Waals surface area contributed by atoms with Gasteiger partial charge in [0.1, 0.15) is 18.0 Å². The standard InChI is InChI=1S/C14H14Cl2FN3OS/c1-8(11(6-17)20-13(21)12(15)16)9-2-4-10(5-3-9)14-18-7-19-22-14/h2-5,7-8,11-12H,6H2,1H3,(H,20,21)/t8-,11-/m1/s1. The first-order valence-corrected chi connectivity index (χ1v) is 8.19. The number of hydrogen-bond donors (Lipinski definition) is 1. The van der Waals surface area contributed by atoms with Gasteiger partial charge in [0.15, 0.2) is 4.84 Å². The molecule has 8 heteroatoms. The second-order valence-electron chi connectivity index (χ2n) is 4.73. The Morgan fingerprint density at radius 1 is 1.36 bits per heavy atom. The number of rotatable bonds is 6. The highest BCUT2D eigenvalue weighted by molar-refractivity contribution is 7.09. The number of carbonyl (C=O) groups excluding carboxylic acids is 1. The second kappa shape index (κ2) is 7.85. The van der Waals surface area contributed by atoms with Gasteiger partial charge in [-0.05, 0) is 17.1 Å². The Bertz CT molecular complexity index is 607. The Balaban J connectivity index is 2.10. The first kappa shape index (κ1) is 17.1. The van der Waals surface area contributed by atoms with Crippen LogP contribution in [-0.2, 0) is 4.79 Å². The van der Waals surface area contributed by atoms with Crippen molar-refractivity contribution >= 4 is 40.6 Å². The van der Waals surface area contributed by atoms with E-state index in [1.54, 1.807) is 0 Å². The lowest BCUT2D eigenvalue weighted by molar-refractivity contribution is -0.120. The molecule has 2 aromatic rings. The fourth-order valence-corrected chi connectivity index (χ4v) is 2.66. The number of halogens is 3. The Morgan fingerprint density at radius 3 is 2.55 bits per heavy atom. The third kappa shape index (κ3) is 4.15. The summed E-state index contributed by atoms with van der Waals surface area (Å²) in [5.41, 5.74) is 1.85. The minimum Gasteiger partial charge on any atom is -0.348 e. The van der Waals surface area contributed by atoms with E-state index < -0.39 is 23.5 Å². The van der Waals surface area contributed by atoms with Crippen LogP contribution in [0.25, 0.3) is 10.6 Å². The van der Waals surface area contributed by atoms with E-state index >= 15 is 0 Å². The molecule has 1 amide bonds. The summed E-state index contributed by atoms with van der Waals surface area (Å²) in [5, 5.41) is 3.33. The van der Waals surface area contributed by atoms with Crippen LogP contribution in [0.2, 0.25) is 0 Å². The summed E-state index contributed by atoms with van der Waals surface area (Å²) in [6, 6.07) is 6.88. The number of carbonyl (C=O) groups is 1. The van der Waals surface area contributed by atoms with Gasteiger partial charge in [-0.3, -0.25) is 4.79 Å². The molecule has 0 fully saturated rings. The lowest BCUT2D eigenvalue weighted by Crippen LogP contribution is -2.42. The molecule has 22 heavy (non-hydrogen) atoms. The van der Waals surface area contributed by atoms with Crippen molar-refractivity contribution in [3.05, 3.63) is 36.2 Å². The maximum absolute atomic E-state index is 13.2. The molecule has 2 atom stereocenters. The van der Waals surface area contributed by atoms with Crippen LogP contribution in [0.1, 0.15) is 18.4 Å². The number of nitrogens with zero attached hydrogens (tertiary/aromatic N) is 2. The van der Waals surface area contributed by atoms with Crippen LogP contribution < -0.4 is 5.32 Å². The minimum atomic E-state index is -1.21. The van der Waals surface area contributed by atoms with Crippen molar-refractivity contribution in [3.63, 3.8) is 0 Å². The molecule has 0 saturated carbocycles. The van der Waals surface area contributed by atoms with Crippen LogP contribution in [0.3, 0.4) is 0 Å². The zero-order valence-corrected chi connectivity index (χ0v) is 14.0. The molecule has 118 valence electrons. The van der Waals surface area contributed by atoms with Gasteiger partial charge in [-0.15, -0.1) is 0 Å². The van der Waals surface area contributed by atoms with Crippen molar-refractivity contribution in [1.82, 2.24) is 14.7 Å². The van der Waals surface area contributed by atoms with Crippen molar-refractivity contribution in [2.45, 2.75) is 23.7 Å². The van der Waals surface area contributed by atoms with Crippen molar-refractivity contribution in [1.29, 1.82) is 0 Å². The predicted octanol–water partition coefficient (Wildman–Crippen LogP) is 3.57. The molecule has 0 bridgehead atoms. The highest BCUT2D eigenvalue weighted by Gasteiger charge is 2.23. The number of aromatic nitrogens is 2. The lowest BCUT2D eigenvalue weighted by atomic mass is 9.93. The Morgan fingerprint density at radius 2 is 2.05 bits per heavy atom. The summed E-state index contributed by atoms with van der Waals surface area (Å²) in [6.07, 6.45) is 1.50. The van der Waals surface area contributed by atoms with Crippen LogP contribution in [0.4, 0.5) is 4.39 Å². The van der Waals surface area contributed by atoms with Gasteiger partial charge < -0.3 is 5.32 Å². The molecule has 0 radical (unpaired) electrons. The van der Waals surface area contributed by atoms with E-state index in [0.29, 0.717) is 0 Å². The Hall–Kier alpha value is -1.24. The first-order chi connectivity index (χ1) is 10.5. The molecule has 0 aliphatic rings. The third-order valence-corrected chi connectivity index (χ3v) is 4.45. The summed E-state index contributed by atoms with van der Waals surface area (Å²) in [5.74, 6) is -0.812. The summed E-state index contributed by atoms with van der Waals surface area (Å²) < 4.78 is 17.2. The average Bonchev–Trinajstić information content (AvgIpc) is 3.06. The highest BCUT2D eigenvalue weighted by atomic mass is 35.5. The van der Waals surface area contributed by atoms with Crippen LogP contribution >= 0.6 is 34.7 Å². The smallest absolute Gasteiger partial charge is 0.253 e. The summed E-state index contributed by atoms with van der Waals surface area (Å²) in [6.45, 7) is 1.13. The molecule has 0 spiro atoms. The summed E-state index contributed by atoms with van der Waals surface area (Å²) in [4.78, 5) is 14.4. The van der Waals surface area contributed by atoms with E-state index in [1.807, 2.05) is 31.2 Å². The zero-order valence-electron chi connectivity index (χ0n) is 11.7. The molecule has 1 aromatic heterocycles. The molecular weight excluding hydrogens is 348 g/mol. The van der Waals surface area contributed by atoms with Gasteiger partial charge in [0, 0.05) is 11.5 Å². The van der Waals surface area contributed by atoms with Crippen LogP contribution in [0.5, 0.6) is 0 Å². The molecule has 0 aliphatic heterocycles. The van der Waals surface area contributed by atoms with E-state index in [1.165, 1.54) is 17.9 Å². The maximum atomic E-state index is 13.2. The molecule has 0 unspecified atom stereocenters. The maximum Gasteiger partial charge on any atom is 0.253 e. The normalized spacial score (nSPS) is 13.9. The second-order valence-corrected chi connectivity index (χ2v) is 6.60. The predicted molar refractivity (Wildman–Crippen MR) is 87.2 cm³/mol. The van der Waals surface area contributed by atoms with E-state index in [4.69, 9.17) is 23.2 Å². The van der Waals surface area contributed by atoms with Gasteiger partial charge in [-0.25, -0.2) is 9.37 Å². The summed E-state index contributed by atoms with van der Waals surface area (Å²) >= 11 is 12.3. The lowest BCUT2D eigenvalue weighted by Gasteiger charge is -2.23. The molecule has 2 rings (SSSR count).